The van der Waals surface area contributed by atoms with Gasteiger partial charge in [0.2, 0.25) is 0 Å². The lowest BCUT2D eigenvalue weighted by molar-refractivity contribution is -0.384. The Hall–Kier alpha value is -2.13. The first-order valence-corrected chi connectivity index (χ1v) is 7.60. The van der Waals surface area contributed by atoms with E-state index in [9.17, 15) is 14.9 Å². The Morgan fingerprint density at radius 3 is 3.05 bits per heavy atom. The zero-order valence-electron chi connectivity index (χ0n) is 12.0. The minimum Gasteiger partial charge on any atom is -0.385 e. The third-order valence-corrected chi connectivity index (χ3v) is 3.99. The zero-order valence-corrected chi connectivity index (χ0v) is 12.8. The molecule has 1 N–H and O–H groups in total. The lowest BCUT2D eigenvalue weighted by atomic mass is 10.2. The van der Waals surface area contributed by atoms with Crippen molar-refractivity contribution < 1.29 is 9.66 Å². The van der Waals surface area contributed by atoms with Crippen LogP contribution in [-0.4, -0.2) is 33.4 Å². The fourth-order valence-corrected chi connectivity index (χ4v) is 2.80. The molecule has 9 heteroatoms. The Kier molecular flexibility index (Phi) is 5.73. The first kappa shape index (κ1) is 16.2. The summed E-state index contributed by atoms with van der Waals surface area (Å²) >= 11 is 1.36. The average molecular weight is 324 g/mol. The number of hydrogen-bond donors (Lipinski definition) is 1. The normalized spacial score (nSPS) is 10.8. The minimum absolute atomic E-state index is 0.0533. The van der Waals surface area contributed by atoms with Crippen LogP contribution in [0.5, 0.6) is 0 Å². The molecule has 0 amide bonds. The van der Waals surface area contributed by atoms with Crippen LogP contribution in [0.2, 0.25) is 0 Å². The second kappa shape index (κ2) is 7.76. The van der Waals surface area contributed by atoms with Gasteiger partial charge in [-0.2, -0.15) is 0 Å². The Morgan fingerprint density at radius 1 is 1.50 bits per heavy atom. The molecule has 0 aliphatic rings. The summed E-state index contributed by atoms with van der Waals surface area (Å²) in [4.78, 5) is 22.0. The van der Waals surface area contributed by atoms with Crippen LogP contribution < -0.4 is 5.69 Å². The van der Waals surface area contributed by atoms with Crippen molar-refractivity contribution in [1.82, 2.24) is 14.8 Å². The maximum Gasteiger partial charge on any atom is 0.343 e. The highest BCUT2D eigenvalue weighted by Crippen LogP contribution is 2.22. The van der Waals surface area contributed by atoms with Crippen molar-refractivity contribution in [3.8, 4) is 0 Å². The van der Waals surface area contributed by atoms with Crippen LogP contribution in [-0.2, 0) is 17.0 Å². The number of nitro groups is 1. The second-order valence-electron chi connectivity index (χ2n) is 4.53. The first-order valence-electron chi connectivity index (χ1n) is 6.62. The van der Waals surface area contributed by atoms with Crippen molar-refractivity contribution in [1.29, 1.82) is 0 Å². The lowest BCUT2D eigenvalue weighted by Gasteiger charge is -2.05. The van der Waals surface area contributed by atoms with Crippen LogP contribution in [0, 0.1) is 10.1 Å². The first-order chi connectivity index (χ1) is 10.6. The van der Waals surface area contributed by atoms with E-state index in [1.165, 1.54) is 23.9 Å². The molecule has 0 aliphatic carbocycles. The van der Waals surface area contributed by atoms with E-state index in [1.807, 2.05) is 0 Å². The Labute approximate surface area is 130 Å². The number of nitro benzene ring substituents is 1. The topological polar surface area (TPSA) is 103 Å². The van der Waals surface area contributed by atoms with Crippen LogP contribution in [0.1, 0.15) is 12.0 Å². The van der Waals surface area contributed by atoms with E-state index in [0.717, 1.165) is 5.56 Å². The predicted molar refractivity (Wildman–Crippen MR) is 82.0 cm³/mol. The van der Waals surface area contributed by atoms with E-state index in [0.29, 0.717) is 30.5 Å². The highest BCUT2D eigenvalue weighted by Gasteiger charge is 2.10. The van der Waals surface area contributed by atoms with Gasteiger partial charge in [0.1, 0.15) is 0 Å². The van der Waals surface area contributed by atoms with Gasteiger partial charge in [0.25, 0.3) is 5.69 Å². The number of aromatic amines is 1. The molecular formula is C13H16N4O4S. The van der Waals surface area contributed by atoms with Crippen LogP contribution >= 0.6 is 11.8 Å². The number of methoxy groups -OCH3 is 1. The van der Waals surface area contributed by atoms with Gasteiger partial charge in [0, 0.05) is 38.1 Å². The molecule has 118 valence electrons. The van der Waals surface area contributed by atoms with E-state index in [2.05, 4.69) is 10.2 Å². The van der Waals surface area contributed by atoms with Crippen LogP contribution in [0.3, 0.4) is 0 Å². The maximum absolute atomic E-state index is 11.7. The number of non-ortho nitro benzene ring substituents is 1. The number of benzene rings is 1. The molecule has 0 fully saturated rings. The summed E-state index contributed by atoms with van der Waals surface area (Å²) in [5, 5.41) is 17.7. The predicted octanol–water partition coefficient (Wildman–Crippen LogP) is 1.81. The Bertz CT molecular complexity index is 697. The molecule has 0 saturated carbocycles. The number of ether oxygens (including phenoxy) is 1. The zero-order chi connectivity index (χ0) is 15.9. The van der Waals surface area contributed by atoms with E-state index in [4.69, 9.17) is 4.74 Å². The van der Waals surface area contributed by atoms with Crippen LogP contribution in [0.4, 0.5) is 5.69 Å². The quantitative estimate of drug-likeness (QED) is 0.344. The summed E-state index contributed by atoms with van der Waals surface area (Å²) in [6.45, 7) is 1.08. The molecule has 1 aromatic heterocycles. The van der Waals surface area contributed by atoms with Gasteiger partial charge in [0.05, 0.1) is 4.92 Å². The summed E-state index contributed by atoms with van der Waals surface area (Å²) in [5.41, 5.74) is 0.591. The number of rotatable bonds is 8. The summed E-state index contributed by atoms with van der Waals surface area (Å²) < 4.78 is 6.51. The van der Waals surface area contributed by atoms with Gasteiger partial charge in [-0.3, -0.25) is 14.7 Å². The molecule has 1 aromatic carbocycles. The van der Waals surface area contributed by atoms with Crippen molar-refractivity contribution in [3.63, 3.8) is 0 Å². The molecule has 0 radical (unpaired) electrons. The number of thioether (sulfide) groups is 1. The molecule has 0 atom stereocenters. The molecule has 1 heterocycles. The largest absolute Gasteiger partial charge is 0.385 e. The van der Waals surface area contributed by atoms with Crippen LogP contribution in [0.25, 0.3) is 0 Å². The number of H-pyrrole nitrogens is 1. The SMILES string of the molecule is COCCCn1c(SCc2cccc([N+](=O)[O-])c2)n[nH]c1=O. The number of nitrogens with one attached hydrogen (secondary N) is 1. The van der Waals surface area contributed by atoms with Gasteiger partial charge in [-0.1, -0.05) is 23.9 Å². The summed E-state index contributed by atoms with van der Waals surface area (Å²) in [7, 11) is 1.61. The highest BCUT2D eigenvalue weighted by atomic mass is 32.2. The van der Waals surface area contributed by atoms with Crippen LogP contribution in [0.15, 0.2) is 34.2 Å². The van der Waals surface area contributed by atoms with Crippen molar-refractivity contribution in [2.75, 3.05) is 13.7 Å². The van der Waals surface area contributed by atoms with Gasteiger partial charge < -0.3 is 4.74 Å². The smallest absolute Gasteiger partial charge is 0.343 e. The second-order valence-corrected chi connectivity index (χ2v) is 5.47. The van der Waals surface area contributed by atoms with Crippen molar-refractivity contribution in [2.24, 2.45) is 0 Å². The monoisotopic (exact) mass is 324 g/mol. The van der Waals surface area contributed by atoms with Crippen molar-refractivity contribution >= 4 is 17.4 Å². The molecule has 22 heavy (non-hydrogen) atoms. The molecule has 0 aliphatic heterocycles. The van der Waals surface area contributed by atoms with Gasteiger partial charge in [-0.15, -0.1) is 5.10 Å². The highest BCUT2D eigenvalue weighted by molar-refractivity contribution is 7.98. The standard InChI is InChI=1S/C13H16N4O4S/c1-21-7-3-6-16-12(18)14-15-13(16)22-9-10-4-2-5-11(8-10)17(19)20/h2,4-5,8H,3,6-7,9H2,1H3,(H,14,18). The summed E-state index contributed by atoms with van der Waals surface area (Å²) in [5.74, 6) is 0.496. The average Bonchev–Trinajstić information content (AvgIpc) is 2.86. The molecular weight excluding hydrogens is 308 g/mol. The molecule has 2 rings (SSSR count). The minimum atomic E-state index is -0.427. The third-order valence-electron chi connectivity index (χ3n) is 2.94. The molecule has 0 unspecified atom stereocenters. The fourth-order valence-electron chi connectivity index (χ4n) is 1.89. The Balaban J connectivity index is 2.04. The van der Waals surface area contributed by atoms with E-state index in [-0.39, 0.29) is 11.4 Å². The number of aromatic nitrogens is 3. The molecule has 0 saturated heterocycles. The van der Waals surface area contributed by atoms with Gasteiger partial charge in [0.15, 0.2) is 5.16 Å². The Morgan fingerprint density at radius 2 is 2.32 bits per heavy atom. The van der Waals surface area contributed by atoms with Gasteiger partial charge in [-0.05, 0) is 12.0 Å². The fraction of sp³-hybridized carbons (Fsp3) is 0.385. The molecule has 8 nitrogen and oxygen atoms in total. The van der Waals surface area contributed by atoms with E-state index >= 15 is 0 Å². The summed E-state index contributed by atoms with van der Waals surface area (Å²) in [6.07, 6.45) is 0.709. The third kappa shape index (κ3) is 4.18. The molecule has 0 bridgehead atoms. The lowest BCUT2D eigenvalue weighted by Crippen LogP contribution is -2.18. The van der Waals surface area contributed by atoms with Gasteiger partial charge in [-0.25, -0.2) is 9.89 Å². The molecule has 2 aromatic rings. The van der Waals surface area contributed by atoms with E-state index < -0.39 is 4.92 Å². The molecule has 0 spiro atoms. The van der Waals surface area contributed by atoms with Gasteiger partial charge >= 0.3 is 5.69 Å². The van der Waals surface area contributed by atoms with E-state index in [1.54, 1.807) is 23.8 Å². The maximum atomic E-state index is 11.7. The number of hydrogen-bond acceptors (Lipinski definition) is 6. The van der Waals surface area contributed by atoms with Crippen molar-refractivity contribution in [3.05, 3.63) is 50.4 Å². The summed E-state index contributed by atoms with van der Waals surface area (Å²) in [6, 6.07) is 6.42. The van der Waals surface area contributed by atoms with Crippen molar-refractivity contribution in [2.45, 2.75) is 23.9 Å². The number of nitrogens with zero attached hydrogens (tertiary/aromatic N) is 3.